The first-order valence-corrected chi connectivity index (χ1v) is 5.15. The summed E-state index contributed by atoms with van der Waals surface area (Å²) in [6.45, 7) is 1.53. The number of carbonyl (C=O) groups excluding carboxylic acids is 1. The SMILES string of the molecule is CON(C(C)=O)C1CCc2ccccc21. The number of amides is 1. The quantitative estimate of drug-likeness (QED) is 0.692. The van der Waals surface area contributed by atoms with Crippen LogP contribution in [0.2, 0.25) is 0 Å². The van der Waals surface area contributed by atoms with Crippen molar-refractivity contribution in [1.29, 1.82) is 0 Å². The Balaban J connectivity index is 2.30. The fourth-order valence-electron chi connectivity index (χ4n) is 2.25. The first-order chi connectivity index (χ1) is 7.24. The normalized spacial score (nSPS) is 18.7. The summed E-state index contributed by atoms with van der Waals surface area (Å²) in [5, 5.41) is 1.46. The number of nitrogens with zero attached hydrogens (tertiary/aromatic N) is 1. The van der Waals surface area contributed by atoms with Crippen molar-refractivity contribution < 1.29 is 9.63 Å². The molecule has 2 rings (SSSR count). The molecule has 0 N–H and O–H groups in total. The Labute approximate surface area is 89.6 Å². The molecule has 1 aliphatic rings. The van der Waals surface area contributed by atoms with Crippen molar-refractivity contribution in [3.8, 4) is 0 Å². The van der Waals surface area contributed by atoms with E-state index < -0.39 is 0 Å². The number of hydroxylamine groups is 2. The van der Waals surface area contributed by atoms with Gasteiger partial charge in [-0.25, -0.2) is 5.06 Å². The van der Waals surface area contributed by atoms with Gasteiger partial charge in [-0.1, -0.05) is 24.3 Å². The van der Waals surface area contributed by atoms with Gasteiger partial charge >= 0.3 is 0 Å². The minimum atomic E-state index is -0.0424. The van der Waals surface area contributed by atoms with Crippen LogP contribution in [0.1, 0.15) is 30.5 Å². The van der Waals surface area contributed by atoms with E-state index in [0.29, 0.717) is 0 Å². The predicted octanol–water partition coefficient (Wildman–Crippen LogP) is 2.08. The zero-order valence-corrected chi connectivity index (χ0v) is 9.06. The maximum atomic E-state index is 11.4. The third-order valence-electron chi connectivity index (χ3n) is 2.89. The first-order valence-electron chi connectivity index (χ1n) is 5.15. The Bertz CT molecular complexity index is 376. The van der Waals surface area contributed by atoms with Gasteiger partial charge in [-0.2, -0.15) is 0 Å². The number of carbonyl (C=O) groups is 1. The van der Waals surface area contributed by atoms with Gasteiger partial charge in [0.25, 0.3) is 0 Å². The summed E-state index contributed by atoms with van der Waals surface area (Å²) in [5.41, 5.74) is 2.54. The molecule has 15 heavy (non-hydrogen) atoms. The number of fused-ring (bicyclic) bond motifs is 1. The van der Waals surface area contributed by atoms with E-state index in [-0.39, 0.29) is 11.9 Å². The van der Waals surface area contributed by atoms with Gasteiger partial charge in [0.05, 0.1) is 13.2 Å². The molecule has 1 atom stereocenters. The van der Waals surface area contributed by atoms with Crippen molar-refractivity contribution in [2.45, 2.75) is 25.8 Å². The van der Waals surface area contributed by atoms with E-state index in [0.717, 1.165) is 12.8 Å². The third-order valence-corrected chi connectivity index (χ3v) is 2.89. The number of aryl methyl sites for hydroxylation is 1. The van der Waals surface area contributed by atoms with Gasteiger partial charge in [0.2, 0.25) is 5.91 Å². The number of hydrogen-bond donors (Lipinski definition) is 0. The van der Waals surface area contributed by atoms with Crippen molar-refractivity contribution in [3.05, 3.63) is 35.4 Å². The van der Waals surface area contributed by atoms with E-state index in [1.165, 1.54) is 23.1 Å². The first kappa shape index (κ1) is 10.2. The molecule has 3 nitrogen and oxygen atoms in total. The van der Waals surface area contributed by atoms with Gasteiger partial charge < -0.3 is 0 Å². The van der Waals surface area contributed by atoms with Gasteiger partial charge in [0.1, 0.15) is 0 Å². The lowest BCUT2D eigenvalue weighted by atomic mass is 10.1. The molecule has 0 saturated heterocycles. The van der Waals surface area contributed by atoms with E-state index in [1.807, 2.05) is 12.1 Å². The van der Waals surface area contributed by atoms with Crippen LogP contribution in [0.15, 0.2) is 24.3 Å². The summed E-state index contributed by atoms with van der Waals surface area (Å²) in [4.78, 5) is 16.5. The zero-order valence-electron chi connectivity index (χ0n) is 9.06. The van der Waals surface area contributed by atoms with E-state index in [4.69, 9.17) is 4.84 Å². The predicted molar refractivity (Wildman–Crippen MR) is 57.0 cm³/mol. The highest BCUT2D eigenvalue weighted by atomic mass is 16.7. The van der Waals surface area contributed by atoms with Gasteiger partial charge in [-0.05, 0) is 24.0 Å². The molecule has 80 valence electrons. The molecule has 3 heteroatoms. The summed E-state index contributed by atoms with van der Waals surface area (Å²) >= 11 is 0. The number of hydrogen-bond acceptors (Lipinski definition) is 2. The molecule has 0 aromatic heterocycles. The van der Waals surface area contributed by atoms with Crippen LogP contribution in [0.4, 0.5) is 0 Å². The Morgan fingerprint density at radius 3 is 2.87 bits per heavy atom. The van der Waals surface area contributed by atoms with Crippen LogP contribution in [-0.4, -0.2) is 18.1 Å². The smallest absolute Gasteiger partial charge is 0.243 e. The monoisotopic (exact) mass is 205 g/mol. The van der Waals surface area contributed by atoms with E-state index in [1.54, 1.807) is 7.11 Å². The van der Waals surface area contributed by atoms with E-state index in [2.05, 4.69) is 12.1 Å². The topological polar surface area (TPSA) is 29.5 Å². The van der Waals surface area contributed by atoms with Crippen LogP contribution < -0.4 is 0 Å². The molecular weight excluding hydrogens is 190 g/mol. The Morgan fingerprint density at radius 1 is 1.47 bits per heavy atom. The number of rotatable bonds is 2. The van der Waals surface area contributed by atoms with Crippen LogP contribution in [0.3, 0.4) is 0 Å². The molecule has 1 amide bonds. The van der Waals surface area contributed by atoms with Crippen molar-refractivity contribution in [2.75, 3.05) is 7.11 Å². The molecule has 0 radical (unpaired) electrons. The Hall–Kier alpha value is -1.35. The summed E-state index contributed by atoms with van der Waals surface area (Å²) in [5.74, 6) is -0.0424. The molecule has 1 unspecified atom stereocenters. The summed E-state index contributed by atoms with van der Waals surface area (Å²) < 4.78 is 0. The molecule has 0 bridgehead atoms. The van der Waals surface area contributed by atoms with Crippen molar-refractivity contribution in [1.82, 2.24) is 5.06 Å². The zero-order chi connectivity index (χ0) is 10.8. The van der Waals surface area contributed by atoms with Gasteiger partial charge in [0.15, 0.2) is 0 Å². The highest BCUT2D eigenvalue weighted by Crippen LogP contribution is 2.35. The van der Waals surface area contributed by atoms with Gasteiger partial charge in [-0.15, -0.1) is 0 Å². The molecule has 0 fully saturated rings. The molecule has 1 aliphatic carbocycles. The van der Waals surface area contributed by atoms with Crippen LogP contribution in [-0.2, 0) is 16.1 Å². The highest BCUT2D eigenvalue weighted by Gasteiger charge is 2.29. The molecule has 0 heterocycles. The largest absolute Gasteiger partial charge is 0.274 e. The molecule has 1 aromatic carbocycles. The minimum absolute atomic E-state index is 0.0424. The lowest BCUT2D eigenvalue weighted by Gasteiger charge is -2.25. The summed E-state index contributed by atoms with van der Waals surface area (Å²) in [6.07, 6.45) is 1.97. The Morgan fingerprint density at radius 2 is 2.20 bits per heavy atom. The molecule has 0 aliphatic heterocycles. The second-order valence-electron chi connectivity index (χ2n) is 3.78. The molecule has 0 spiro atoms. The maximum absolute atomic E-state index is 11.4. The van der Waals surface area contributed by atoms with Gasteiger partial charge in [0, 0.05) is 6.92 Å². The average Bonchev–Trinajstić information content (AvgIpc) is 2.63. The van der Waals surface area contributed by atoms with E-state index in [9.17, 15) is 4.79 Å². The second-order valence-corrected chi connectivity index (χ2v) is 3.78. The average molecular weight is 205 g/mol. The number of benzene rings is 1. The summed E-state index contributed by atoms with van der Waals surface area (Å²) in [6, 6.07) is 8.31. The lowest BCUT2D eigenvalue weighted by molar-refractivity contribution is -0.187. The van der Waals surface area contributed by atoms with Crippen LogP contribution in [0.25, 0.3) is 0 Å². The highest BCUT2D eigenvalue weighted by molar-refractivity contribution is 5.72. The molecule has 0 saturated carbocycles. The van der Waals surface area contributed by atoms with E-state index >= 15 is 0 Å². The van der Waals surface area contributed by atoms with Gasteiger partial charge in [-0.3, -0.25) is 9.63 Å². The molecule has 1 aromatic rings. The molecular formula is C12H15NO2. The maximum Gasteiger partial charge on any atom is 0.243 e. The fraction of sp³-hybridized carbons (Fsp3) is 0.417. The minimum Gasteiger partial charge on any atom is -0.274 e. The van der Waals surface area contributed by atoms with Crippen molar-refractivity contribution in [3.63, 3.8) is 0 Å². The summed E-state index contributed by atoms with van der Waals surface area (Å²) in [7, 11) is 1.54. The lowest BCUT2D eigenvalue weighted by Crippen LogP contribution is -2.30. The fourth-order valence-corrected chi connectivity index (χ4v) is 2.25. The third kappa shape index (κ3) is 1.75. The second kappa shape index (κ2) is 4.03. The Kier molecular flexibility index (Phi) is 2.73. The van der Waals surface area contributed by atoms with Crippen LogP contribution >= 0.6 is 0 Å². The van der Waals surface area contributed by atoms with Crippen LogP contribution in [0, 0.1) is 0 Å². The van der Waals surface area contributed by atoms with Crippen LogP contribution in [0.5, 0.6) is 0 Å². The standard InChI is InChI=1S/C12H15NO2/c1-9(14)13(15-2)12-8-7-10-5-3-4-6-11(10)12/h3-6,12H,7-8H2,1-2H3. The van der Waals surface area contributed by atoms with Crippen molar-refractivity contribution in [2.24, 2.45) is 0 Å². The van der Waals surface area contributed by atoms with Crippen molar-refractivity contribution >= 4 is 5.91 Å².